The van der Waals surface area contributed by atoms with E-state index in [0.717, 1.165) is 5.56 Å². The van der Waals surface area contributed by atoms with Gasteiger partial charge < -0.3 is 9.47 Å². The Hall–Kier alpha value is -2.10. The van der Waals surface area contributed by atoms with E-state index in [-0.39, 0.29) is 18.3 Å². The van der Waals surface area contributed by atoms with Gasteiger partial charge in [0.05, 0.1) is 18.6 Å². The van der Waals surface area contributed by atoms with Gasteiger partial charge in [-0.15, -0.1) is 0 Å². The maximum atomic E-state index is 11.8. The molecule has 0 saturated carbocycles. The Bertz CT molecular complexity index is 476. The largest absolute Gasteiger partial charge is 0.463 e. The van der Waals surface area contributed by atoms with E-state index >= 15 is 0 Å². The monoisotopic (exact) mass is 246 g/mol. The first-order valence-electron chi connectivity index (χ1n) is 5.84. The van der Waals surface area contributed by atoms with Crippen molar-refractivity contribution in [1.82, 2.24) is 0 Å². The SMILES string of the molecule is CCOC(=O)C1=COC(=O)CC1c1ccccc1. The van der Waals surface area contributed by atoms with Crippen LogP contribution in [-0.4, -0.2) is 18.5 Å². The lowest BCUT2D eigenvalue weighted by Gasteiger charge is -2.22. The second kappa shape index (κ2) is 5.49. The number of benzene rings is 1. The predicted molar refractivity (Wildman–Crippen MR) is 64.6 cm³/mol. The van der Waals surface area contributed by atoms with E-state index in [1.165, 1.54) is 6.26 Å². The van der Waals surface area contributed by atoms with E-state index in [0.29, 0.717) is 12.2 Å². The van der Waals surface area contributed by atoms with Gasteiger partial charge in [0, 0.05) is 5.92 Å². The third-order valence-electron chi connectivity index (χ3n) is 2.78. The molecule has 1 aliphatic heterocycles. The van der Waals surface area contributed by atoms with E-state index in [9.17, 15) is 9.59 Å². The van der Waals surface area contributed by atoms with Crippen LogP contribution in [0.15, 0.2) is 42.2 Å². The zero-order valence-corrected chi connectivity index (χ0v) is 10.1. The number of hydrogen-bond acceptors (Lipinski definition) is 4. The van der Waals surface area contributed by atoms with Crippen LogP contribution in [-0.2, 0) is 19.1 Å². The number of cyclic esters (lactones) is 1. The van der Waals surface area contributed by atoms with Crippen LogP contribution >= 0.6 is 0 Å². The van der Waals surface area contributed by atoms with Gasteiger partial charge in [0.25, 0.3) is 0 Å². The Labute approximate surface area is 105 Å². The molecule has 94 valence electrons. The summed E-state index contributed by atoms with van der Waals surface area (Å²) in [5.74, 6) is -1.05. The standard InChI is InChI=1S/C14H14O4/c1-2-17-14(16)12-9-18-13(15)8-11(12)10-6-4-3-5-7-10/h3-7,9,11H,2,8H2,1H3. The van der Waals surface area contributed by atoms with Crippen molar-refractivity contribution in [3.8, 4) is 0 Å². The second-order valence-corrected chi connectivity index (χ2v) is 3.95. The molecule has 0 bridgehead atoms. The number of carbonyl (C=O) groups is 2. The highest BCUT2D eigenvalue weighted by Crippen LogP contribution is 2.32. The summed E-state index contributed by atoms with van der Waals surface area (Å²) in [6.45, 7) is 2.04. The van der Waals surface area contributed by atoms with Crippen LogP contribution in [0.1, 0.15) is 24.8 Å². The quantitative estimate of drug-likeness (QED) is 0.767. The summed E-state index contributed by atoms with van der Waals surface area (Å²) in [5.41, 5.74) is 1.30. The Kier molecular flexibility index (Phi) is 3.77. The van der Waals surface area contributed by atoms with Gasteiger partial charge in [-0.1, -0.05) is 30.3 Å². The van der Waals surface area contributed by atoms with Crippen LogP contribution < -0.4 is 0 Å². The maximum Gasteiger partial charge on any atom is 0.337 e. The van der Waals surface area contributed by atoms with E-state index in [4.69, 9.17) is 9.47 Å². The van der Waals surface area contributed by atoms with Crippen LogP contribution in [0.25, 0.3) is 0 Å². The maximum absolute atomic E-state index is 11.8. The van der Waals surface area contributed by atoms with E-state index in [1.807, 2.05) is 30.3 Å². The molecule has 1 aromatic rings. The lowest BCUT2D eigenvalue weighted by atomic mass is 9.88. The first-order valence-corrected chi connectivity index (χ1v) is 5.84. The normalized spacial score (nSPS) is 18.8. The molecule has 1 aliphatic rings. The minimum atomic E-state index is -0.432. The third kappa shape index (κ3) is 2.59. The highest BCUT2D eigenvalue weighted by Gasteiger charge is 2.30. The molecule has 0 radical (unpaired) electrons. The van der Waals surface area contributed by atoms with E-state index < -0.39 is 5.97 Å². The second-order valence-electron chi connectivity index (χ2n) is 3.95. The molecule has 0 N–H and O–H groups in total. The molecule has 0 spiro atoms. The average molecular weight is 246 g/mol. The molecule has 1 heterocycles. The molecule has 4 nitrogen and oxygen atoms in total. The van der Waals surface area contributed by atoms with Crippen molar-refractivity contribution >= 4 is 11.9 Å². The minimum Gasteiger partial charge on any atom is -0.463 e. The molecule has 18 heavy (non-hydrogen) atoms. The summed E-state index contributed by atoms with van der Waals surface area (Å²) in [5, 5.41) is 0. The van der Waals surface area contributed by atoms with Crippen molar-refractivity contribution < 1.29 is 19.1 Å². The van der Waals surface area contributed by atoms with Gasteiger partial charge in [-0.2, -0.15) is 0 Å². The lowest BCUT2D eigenvalue weighted by Crippen LogP contribution is -2.22. The van der Waals surface area contributed by atoms with Crippen molar-refractivity contribution in [2.75, 3.05) is 6.61 Å². The van der Waals surface area contributed by atoms with Crippen molar-refractivity contribution in [3.05, 3.63) is 47.7 Å². The van der Waals surface area contributed by atoms with Crippen LogP contribution in [0.2, 0.25) is 0 Å². The summed E-state index contributed by atoms with van der Waals surface area (Å²) >= 11 is 0. The number of ether oxygens (including phenoxy) is 2. The van der Waals surface area contributed by atoms with Gasteiger partial charge in [0.1, 0.15) is 6.26 Å². The molecule has 0 aliphatic carbocycles. The van der Waals surface area contributed by atoms with Gasteiger partial charge in [-0.3, -0.25) is 4.79 Å². The van der Waals surface area contributed by atoms with E-state index in [1.54, 1.807) is 6.92 Å². The van der Waals surface area contributed by atoms with E-state index in [2.05, 4.69) is 0 Å². The van der Waals surface area contributed by atoms with Gasteiger partial charge in [-0.05, 0) is 12.5 Å². The fourth-order valence-corrected chi connectivity index (χ4v) is 1.92. The molecule has 1 atom stereocenters. The van der Waals surface area contributed by atoms with Crippen LogP contribution in [0.5, 0.6) is 0 Å². The fourth-order valence-electron chi connectivity index (χ4n) is 1.92. The summed E-state index contributed by atoms with van der Waals surface area (Å²) in [7, 11) is 0. The molecule has 0 aromatic heterocycles. The predicted octanol–water partition coefficient (Wildman–Crippen LogP) is 2.16. The van der Waals surface area contributed by atoms with Crippen molar-refractivity contribution in [1.29, 1.82) is 0 Å². The highest BCUT2D eigenvalue weighted by atomic mass is 16.5. The number of esters is 2. The lowest BCUT2D eigenvalue weighted by molar-refractivity contribution is -0.142. The Morgan fingerprint density at radius 1 is 1.39 bits per heavy atom. The van der Waals surface area contributed by atoms with Crippen LogP contribution in [0.4, 0.5) is 0 Å². The average Bonchev–Trinajstić information content (AvgIpc) is 2.40. The summed E-state index contributed by atoms with van der Waals surface area (Å²) in [4.78, 5) is 23.2. The molecular weight excluding hydrogens is 232 g/mol. The highest BCUT2D eigenvalue weighted by molar-refractivity contribution is 5.92. The summed E-state index contributed by atoms with van der Waals surface area (Å²) in [6.07, 6.45) is 1.37. The van der Waals surface area contributed by atoms with Crippen LogP contribution in [0.3, 0.4) is 0 Å². The molecule has 0 fully saturated rings. The minimum absolute atomic E-state index is 0.161. The molecule has 1 unspecified atom stereocenters. The summed E-state index contributed by atoms with van der Waals surface area (Å²) in [6, 6.07) is 9.40. The van der Waals surface area contributed by atoms with Gasteiger partial charge in [0.15, 0.2) is 0 Å². The summed E-state index contributed by atoms with van der Waals surface area (Å²) < 4.78 is 9.78. The molecule has 0 amide bonds. The smallest absolute Gasteiger partial charge is 0.337 e. The number of carbonyl (C=O) groups excluding carboxylic acids is 2. The van der Waals surface area contributed by atoms with Gasteiger partial charge >= 0.3 is 11.9 Å². The Morgan fingerprint density at radius 3 is 2.78 bits per heavy atom. The Morgan fingerprint density at radius 2 is 2.11 bits per heavy atom. The van der Waals surface area contributed by atoms with Gasteiger partial charge in [-0.25, -0.2) is 4.79 Å². The topological polar surface area (TPSA) is 52.6 Å². The molecule has 2 rings (SSSR count). The van der Waals surface area contributed by atoms with Crippen molar-refractivity contribution in [3.63, 3.8) is 0 Å². The first-order chi connectivity index (χ1) is 8.72. The molecule has 1 aromatic carbocycles. The van der Waals surface area contributed by atoms with Gasteiger partial charge in [0.2, 0.25) is 0 Å². The zero-order chi connectivity index (χ0) is 13.0. The molecule has 4 heteroatoms. The first kappa shape index (κ1) is 12.4. The fraction of sp³-hybridized carbons (Fsp3) is 0.286. The van der Waals surface area contributed by atoms with Crippen molar-refractivity contribution in [2.45, 2.75) is 19.3 Å². The van der Waals surface area contributed by atoms with Crippen molar-refractivity contribution in [2.24, 2.45) is 0 Å². The van der Waals surface area contributed by atoms with Crippen LogP contribution in [0, 0.1) is 0 Å². The molecular formula is C14H14O4. The third-order valence-corrected chi connectivity index (χ3v) is 2.78. The number of hydrogen-bond donors (Lipinski definition) is 0. The molecule has 0 saturated heterocycles. The Balaban J connectivity index is 2.30. The zero-order valence-electron chi connectivity index (χ0n) is 10.1. The number of rotatable bonds is 3.